The molecule has 3 rings (SSSR count). The van der Waals surface area contributed by atoms with Crippen molar-refractivity contribution in [1.82, 2.24) is 4.90 Å². The second-order valence-corrected chi connectivity index (χ2v) is 6.71. The van der Waals surface area contributed by atoms with Gasteiger partial charge in [-0.25, -0.2) is 18.4 Å². The average Bonchev–Trinajstić information content (AvgIpc) is 2.71. The van der Waals surface area contributed by atoms with E-state index >= 15 is 0 Å². The van der Waals surface area contributed by atoms with Crippen LogP contribution in [0.15, 0.2) is 54.6 Å². The normalized spacial score (nSPS) is 17.9. The molecule has 2 aromatic carbocycles. The first kappa shape index (κ1) is 24.1. The summed E-state index contributed by atoms with van der Waals surface area (Å²) in [5.74, 6) is -5.67. The molecule has 6 nitrogen and oxygen atoms in total. The van der Waals surface area contributed by atoms with E-state index in [0.29, 0.717) is 5.69 Å². The zero-order valence-electron chi connectivity index (χ0n) is 16.1. The number of carboxylic acid groups (broad SMARTS) is 1. The lowest BCUT2D eigenvalue weighted by Crippen LogP contribution is -2.57. The number of likely N-dealkylation sites (tertiary alicyclic amines) is 1. The number of hydrogen-bond acceptors (Lipinski definition) is 3. The highest BCUT2D eigenvalue weighted by Gasteiger charge is 2.43. The van der Waals surface area contributed by atoms with Crippen molar-refractivity contribution in [3.63, 3.8) is 0 Å². The molecule has 0 bridgehead atoms. The second-order valence-electron chi connectivity index (χ2n) is 6.71. The molecular formula is C20H20F5N3O3. The number of benzene rings is 2. The number of aliphatic carboxylic acids is 1. The summed E-state index contributed by atoms with van der Waals surface area (Å²) in [6.45, 7) is -0.174. The number of piperidine rings is 1. The van der Waals surface area contributed by atoms with E-state index in [1.807, 2.05) is 48.5 Å². The molecular weight excluding hydrogens is 425 g/mol. The predicted molar refractivity (Wildman–Crippen MR) is 104 cm³/mol. The number of carboxylic acids is 1. The molecule has 0 radical (unpaired) electrons. The fourth-order valence-corrected chi connectivity index (χ4v) is 2.77. The fraction of sp³-hybridized carbons (Fsp3) is 0.300. The molecule has 168 valence electrons. The predicted octanol–water partition coefficient (Wildman–Crippen LogP) is 4.19. The van der Waals surface area contributed by atoms with E-state index in [9.17, 15) is 26.7 Å². The second kappa shape index (κ2) is 9.73. The van der Waals surface area contributed by atoms with Gasteiger partial charge in [-0.2, -0.15) is 13.2 Å². The van der Waals surface area contributed by atoms with Crippen LogP contribution in [0.4, 0.5) is 32.4 Å². The lowest BCUT2D eigenvalue weighted by atomic mass is 10.0. The molecule has 1 aliphatic rings. The quantitative estimate of drug-likeness (QED) is 0.604. The van der Waals surface area contributed by atoms with Crippen molar-refractivity contribution in [2.45, 2.75) is 24.6 Å². The van der Waals surface area contributed by atoms with Gasteiger partial charge in [-0.05, 0) is 11.6 Å². The van der Waals surface area contributed by atoms with Crippen LogP contribution in [-0.2, 0) is 4.79 Å². The van der Waals surface area contributed by atoms with Gasteiger partial charge in [-0.1, -0.05) is 48.5 Å². The number of para-hydroxylation sites is 1. The molecule has 1 fully saturated rings. The van der Waals surface area contributed by atoms with Crippen LogP contribution in [0, 0.1) is 0 Å². The number of urea groups is 1. The van der Waals surface area contributed by atoms with Crippen molar-refractivity contribution >= 4 is 17.7 Å². The van der Waals surface area contributed by atoms with Gasteiger partial charge in [0, 0.05) is 25.1 Å². The van der Waals surface area contributed by atoms with Crippen molar-refractivity contribution in [2.24, 2.45) is 5.73 Å². The smallest absolute Gasteiger partial charge is 0.475 e. The maximum absolute atomic E-state index is 13.5. The number of anilines is 1. The largest absolute Gasteiger partial charge is 0.490 e. The number of hydrogen-bond donors (Lipinski definition) is 3. The first-order valence-electron chi connectivity index (χ1n) is 9.05. The standard InChI is InChI=1S/C18H19F2N3O.C2HF3O2/c19-18(20)10-11-23(12-16(18)21)17(24)22-15-9-5-4-8-14(15)13-6-2-1-3-7-13;3-2(4,5)1(6)7/h1-9,16H,10-12,21H2,(H,22,24);(H,6,7). The Balaban J connectivity index is 0.000000423. The van der Waals surface area contributed by atoms with Crippen molar-refractivity contribution in [2.75, 3.05) is 18.4 Å². The van der Waals surface area contributed by atoms with Gasteiger partial charge in [-0.3, -0.25) is 0 Å². The zero-order valence-corrected chi connectivity index (χ0v) is 16.1. The maximum Gasteiger partial charge on any atom is 0.490 e. The van der Waals surface area contributed by atoms with E-state index < -0.39 is 36.6 Å². The third-order valence-electron chi connectivity index (χ3n) is 4.46. The number of alkyl halides is 5. The van der Waals surface area contributed by atoms with E-state index in [4.69, 9.17) is 15.6 Å². The Morgan fingerprint density at radius 2 is 1.61 bits per heavy atom. The van der Waals surface area contributed by atoms with Gasteiger partial charge >= 0.3 is 18.2 Å². The van der Waals surface area contributed by atoms with Crippen LogP contribution in [-0.4, -0.2) is 53.2 Å². The summed E-state index contributed by atoms with van der Waals surface area (Å²) in [4.78, 5) is 22.7. The van der Waals surface area contributed by atoms with Gasteiger partial charge in [0.25, 0.3) is 5.92 Å². The number of nitrogens with one attached hydrogen (secondary N) is 1. The van der Waals surface area contributed by atoms with Gasteiger partial charge in [0.15, 0.2) is 0 Å². The molecule has 1 atom stereocenters. The third-order valence-corrected chi connectivity index (χ3v) is 4.46. The Morgan fingerprint density at radius 3 is 2.16 bits per heavy atom. The van der Waals surface area contributed by atoms with E-state index in [2.05, 4.69) is 5.32 Å². The number of nitrogens with zero attached hydrogens (tertiary/aromatic N) is 1. The van der Waals surface area contributed by atoms with Gasteiger partial charge in [-0.15, -0.1) is 0 Å². The summed E-state index contributed by atoms with van der Waals surface area (Å²) in [5.41, 5.74) is 7.96. The van der Waals surface area contributed by atoms with Crippen molar-refractivity contribution in [3.05, 3.63) is 54.6 Å². The van der Waals surface area contributed by atoms with E-state index in [0.717, 1.165) is 11.1 Å². The van der Waals surface area contributed by atoms with E-state index in [1.165, 1.54) is 4.90 Å². The molecule has 0 saturated carbocycles. The molecule has 0 spiro atoms. The molecule has 1 unspecified atom stereocenters. The number of carbonyl (C=O) groups is 2. The summed E-state index contributed by atoms with van der Waals surface area (Å²) < 4.78 is 58.7. The summed E-state index contributed by atoms with van der Waals surface area (Å²) in [7, 11) is 0. The van der Waals surface area contributed by atoms with Crippen LogP contribution in [0.3, 0.4) is 0 Å². The Morgan fingerprint density at radius 1 is 1.06 bits per heavy atom. The highest BCUT2D eigenvalue weighted by molar-refractivity contribution is 5.94. The average molecular weight is 445 g/mol. The molecule has 2 amide bonds. The fourth-order valence-electron chi connectivity index (χ4n) is 2.77. The monoisotopic (exact) mass is 445 g/mol. The van der Waals surface area contributed by atoms with Crippen molar-refractivity contribution in [3.8, 4) is 11.1 Å². The van der Waals surface area contributed by atoms with Crippen LogP contribution in [0.25, 0.3) is 11.1 Å². The number of rotatable bonds is 2. The molecule has 1 aliphatic heterocycles. The summed E-state index contributed by atoms with van der Waals surface area (Å²) in [6, 6.07) is 15.3. The molecule has 11 heteroatoms. The molecule has 4 N–H and O–H groups in total. The van der Waals surface area contributed by atoms with Crippen LogP contribution in [0.1, 0.15) is 6.42 Å². The van der Waals surface area contributed by atoms with Gasteiger partial charge < -0.3 is 21.1 Å². The number of nitrogens with two attached hydrogens (primary N) is 1. The lowest BCUT2D eigenvalue weighted by Gasteiger charge is -2.36. The minimum Gasteiger partial charge on any atom is -0.475 e. The van der Waals surface area contributed by atoms with Crippen molar-refractivity contribution in [1.29, 1.82) is 0 Å². The topological polar surface area (TPSA) is 95.7 Å². The first-order valence-corrected chi connectivity index (χ1v) is 9.05. The van der Waals surface area contributed by atoms with Crippen molar-refractivity contribution < 1.29 is 36.6 Å². The summed E-state index contributed by atoms with van der Waals surface area (Å²) >= 11 is 0. The van der Waals surface area contributed by atoms with Gasteiger partial charge in [0.1, 0.15) is 0 Å². The minimum absolute atomic E-state index is 0.0139. The van der Waals surface area contributed by atoms with E-state index in [-0.39, 0.29) is 13.1 Å². The van der Waals surface area contributed by atoms with Crippen LogP contribution in [0.2, 0.25) is 0 Å². The Kier molecular flexibility index (Phi) is 7.55. The maximum atomic E-state index is 13.5. The first-order chi connectivity index (χ1) is 14.4. The van der Waals surface area contributed by atoms with Gasteiger partial charge in [0.05, 0.1) is 11.7 Å². The Labute approximate surface area is 174 Å². The molecule has 31 heavy (non-hydrogen) atoms. The van der Waals surface area contributed by atoms with E-state index in [1.54, 1.807) is 6.07 Å². The van der Waals surface area contributed by atoms with Crippen LogP contribution >= 0.6 is 0 Å². The van der Waals surface area contributed by atoms with Gasteiger partial charge in [0.2, 0.25) is 0 Å². The zero-order chi connectivity index (χ0) is 23.2. The minimum atomic E-state index is -5.08. The van der Waals surface area contributed by atoms with Crippen LogP contribution in [0.5, 0.6) is 0 Å². The highest BCUT2D eigenvalue weighted by Crippen LogP contribution is 2.30. The number of amides is 2. The lowest BCUT2D eigenvalue weighted by molar-refractivity contribution is -0.192. The number of halogens is 5. The van der Waals surface area contributed by atoms with Crippen LogP contribution < -0.4 is 11.1 Å². The summed E-state index contributed by atoms with van der Waals surface area (Å²) in [5, 5.41) is 9.94. The number of carbonyl (C=O) groups excluding carboxylic acids is 1. The molecule has 0 aromatic heterocycles. The summed E-state index contributed by atoms with van der Waals surface area (Å²) in [6.07, 6.45) is -5.50. The SMILES string of the molecule is NC1CN(C(=O)Nc2ccccc2-c2ccccc2)CCC1(F)F.O=C(O)C(F)(F)F. The Hall–Kier alpha value is -3.21. The Bertz CT molecular complexity index is 906. The molecule has 1 saturated heterocycles. The molecule has 1 heterocycles. The molecule has 0 aliphatic carbocycles. The highest BCUT2D eigenvalue weighted by atomic mass is 19.4. The third kappa shape index (κ3) is 6.64. The molecule has 2 aromatic rings.